The zero-order chi connectivity index (χ0) is 13.8. The van der Waals surface area contributed by atoms with Gasteiger partial charge in [-0.05, 0) is 32.5 Å². The Balaban J connectivity index is 2.19. The van der Waals surface area contributed by atoms with Crippen LogP contribution in [0.15, 0.2) is 24.5 Å². The predicted molar refractivity (Wildman–Crippen MR) is 74.0 cm³/mol. The lowest BCUT2D eigenvalue weighted by Crippen LogP contribution is -2.14. The van der Waals surface area contributed by atoms with E-state index in [2.05, 4.69) is 47.6 Å². The lowest BCUT2D eigenvalue weighted by Gasteiger charge is -2.17. The Morgan fingerprint density at radius 1 is 1.42 bits per heavy atom. The first-order valence-corrected chi connectivity index (χ1v) is 6.35. The number of rotatable bonds is 5. The van der Waals surface area contributed by atoms with Gasteiger partial charge in [-0.15, -0.1) is 10.2 Å². The van der Waals surface area contributed by atoms with Gasteiger partial charge >= 0.3 is 0 Å². The van der Waals surface area contributed by atoms with Gasteiger partial charge in [0.25, 0.3) is 0 Å². The molecular weight excluding hydrogens is 240 g/mol. The molecule has 0 saturated carbocycles. The number of aryl methyl sites for hydroxylation is 2. The van der Waals surface area contributed by atoms with E-state index in [0.717, 1.165) is 17.1 Å². The van der Waals surface area contributed by atoms with Crippen molar-refractivity contribution in [3.63, 3.8) is 0 Å². The third-order valence-corrected chi connectivity index (χ3v) is 3.23. The molecule has 1 aromatic heterocycles. The highest BCUT2D eigenvalue weighted by Crippen LogP contribution is 2.26. The van der Waals surface area contributed by atoms with Crippen molar-refractivity contribution in [2.45, 2.75) is 26.5 Å². The summed E-state index contributed by atoms with van der Waals surface area (Å²) in [5.74, 6) is 1.70. The van der Waals surface area contributed by atoms with Gasteiger partial charge < -0.3 is 14.6 Å². The van der Waals surface area contributed by atoms with Crippen LogP contribution in [-0.4, -0.2) is 21.8 Å². The molecule has 0 saturated heterocycles. The topological polar surface area (TPSA) is 52.0 Å². The maximum absolute atomic E-state index is 5.90. The van der Waals surface area contributed by atoms with Gasteiger partial charge in [-0.2, -0.15) is 0 Å². The van der Waals surface area contributed by atoms with Crippen LogP contribution in [0, 0.1) is 6.92 Å². The Hall–Kier alpha value is -1.88. The summed E-state index contributed by atoms with van der Waals surface area (Å²) in [6, 6.07) is 6.50. The molecule has 0 bridgehead atoms. The molecule has 2 rings (SSSR count). The maximum atomic E-state index is 5.90. The summed E-state index contributed by atoms with van der Waals surface area (Å²) in [6.07, 6.45) is 1.67. The Kier molecular flexibility index (Phi) is 4.16. The molecule has 1 aromatic carbocycles. The van der Waals surface area contributed by atoms with Gasteiger partial charge in [-0.3, -0.25) is 0 Å². The van der Waals surface area contributed by atoms with E-state index in [9.17, 15) is 0 Å². The van der Waals surface area contributed by atoms with E-state index in [4.69, 9.17) is 4.74 Å². The fraction of sp³-hybridized carbons (Fsp3) is 0.429. The van der Waals surface area contributed by atoms with E-state index in [1.165, 1.54) is 5.56 Å². The highest BCUT2D eigenvalue weighted by atomic mass is 16.5. The van der Waals surface area contributed by atoms with E-state index in [0.29, 0.717) is 6.61 Å². The Labute approximate surface area is 113 Å². The molecule has 0 radical (unpaired) electrons. The molecule has 102 valence electrons. The molecule has 0 amide bonds. The van der Waals surface area contributed by atoms with Crippen molar-refractivity contribution in [2.24, 2.45) is 7.05 Å². The van der Waals surface area contributed by atoms with Crippen LogP contribution in [0.2, 0.25) is 0 Å². The second-order valence-corrected chi connectivity index (χ2v) is 4.70. The Morgan fingerprint density at radius 3 is 2.84 bits per heavy atom. The summed E-state index contributed by atoms with van der Waals surface area (Å²) in [6.45, 7) is 4.59. The number of nitrogens with zero attached hydrogens (tertiary/aromatic N) is 3. The standard InChI is InChI=1S/C14H20N4O/c1-10-5-6-12(11(2)15-3)13(7-10)19-8-14-17-16-9-18(14)4/h5-7,9,11,15H,8H2,1-4H3. The fourth-order valence-electron chi connectivity index (χ4n) is 1.86. The minimum Gasteiger partial charge on any atom is -0.485 e. The first-order valence-electron chi connectivity index (χ1n) is 6.35. The first-order chi connectivity index (χ1) is 9.11. The molecule has 0 aliphatic heterocycles. The molecule has 1 unspecified atom stereocenters. The van der Waals surface area contributed by atoms with Crippen molar-refractivity contribution in [1.82, 2.24) is 20.1 Å². The third kappa shape index (κ3) is 3.12. The molecule has 0 aliphatic carbocycles. The molecule has 1 N–H and O–H groups in total. The molecule has 2 aromatic rings. The Morgan fingerprint density at radius 2 is 2.21 bits per heavy atom. The van der Waals surface area contributed by atoms with Gasteiger partial charge in [-0.1, -0.05) is 12.1 Å². The van der Waals surface area contributed by atoms with E-state index in [1.807, 2.05) is 18.7 Å². The summed E-state index contributed by atoms with van der Waals surface area (Å²) in [7, 11) is 3.85. The summed E-state index contributed by atoms with van der Waals surface area (Å²) >= 11 is 0. The zero-order valence-electron chi connectivity index (χ0n) is 11.8. The van der Waals surface area contributed by atoms with E-state index < -0.39 is 0 Å². The van der Waals surface area contributed by atoms with Crippen molar-refractivity contribution >= 4 is 0 Å². The summed E-state index contributed by atoms with van der Waals surface area (Å²) in [5, 5.41) is 11.1. The lowest BCUT2D eigenvalue weighted by molar-refractivity contribution is 0.285. The zero-order valence-corrected chi connectivity index (χ0v) is 11.8. The van der Waals surface area contributed by atoms with Crippen molar-refractivity contribution in [1.29, 1.82) is 0 Å². The van der Waals surface area contributed by atoms with Gasteiger partial charge in [-0.25, -0.2) is 0 Å². The van der Waals surface area contributed by atoms with E-state index >= 15 is 0 Å². The van der Waals surface area contributed by atoms with Gasteiger partial charge in [0.2, 0.25) is 0 Å². The highest BCUT2D eigenvalue weighted by molar-refractivity contribution is 5.39. The van der Waals surface area contributed by atoms with Crippen LogP contribution in [0.25, 0.3) is 0 Å². The SMILES string of the molecule is CNC(C)c1ccc(C)cc1OCc1nncn1C. The van der Waals surface area contributed by atoms with Crippen LogP contribution in [-0.2, 0) is 13.7 Å². The first kappa shape index (κ1) is 13.5. The molecule has 1 atom stereocenters. The van der Waals surface area contributed by atoms with Crippen molar-refractivity contribution in [2.75, 3.05) is 7.05 Å². The number of ether oxygens (including phenoxy) is 1. The van der Waals surface area contributed by atoms with Crippen LogP contribution in [0.4, 0.5) is 0 Å². The molecule has 0 fully saturated rings. The van der Waals surface area contributed by atoms with Crippen LogP contribution < -0.4 is 10.1 Å². The molecule has 1 heterocycles. The largest absolute Gasteiger partial charge is 0.485 e. The van der Waals surface area contributed by atoms with Crippen molar-refractivity contribution in [3.8, 4) is 5.75 Å². The van der Waals surface area contributed by atoms with Gasteiger partial charge in [0, 0.05) is 18.7 Å². The number of benzene rings is 1. The second kappa shape index (κ2) is 5.84. The van der Waals surface area contributed by atoms with Gasteiger partial charge in [0.05, 0.1) is 0 Å². The summed E-state index contributed by atoms with van der Waals surface area (Å²) in [4.78, 5) is 0. The highest BCUT2D eigenvalue weighted by Gasteiger charge is 2.11. The smallest absolute Gasteiger partial charge is 0.170 e. The normalized spacial score (nSPS) is 12.4. The van der Waals surface area contributed by atoms with E-state index in [-0.39, 0.29) is 6.04 Å². The lowest BCUT2D eigenvalue weighted by atomic mass is 10.1. The van der Waals surface area contributed by atoms with Crippen LogP contribution in [0.5, 0.6) is 5.75 Å². The second-order valence-electron chi connectivity index (χ2n) is 4.70. The van der Waals surface area contributed by atoms with E-state index in [1.54, 1.807) is 6.33 Å². The Bertz CT molecular complexity index is 550. The number of nitrogens with one attached hydrogen (secondary N) is 1. The molecule has 5 heteroatoms. The van der Waals surface area contributed by atoms with Gasteiger partial charge in [0.15, 0.2) is 5.82 Å². The number of hydrogen-bond donors (Lipinski definition) is 1. The van der Waals surface area contributed by atoms with Crippen molar-refractivity contribution < 1.29 is 4.74 Å². The van der Waals surface area contributed by atoms with Crippen LogP contribution in [0.3, 0.4) is 0 Å². The minimum atomic E-state index is 0.245. The predicted octanol–water partition coefficient (Wildman–Crippen LogP) is 1.98. The molecular formula is C14H20N4O. The van der Waals surface area contributed by atoms with Crippen LogP contribution >= 0.6 is 0 Å². The quantitative estimate of drug-likeness (QED) is 0.893. The summed E-state index contributed by atoms with van der Waals surface area (Å²) in [5.41, 5.74) is 2.33. The van der Waals surface area contributed by atoms with Gasteiger partial charge in [0.1, 0.15) is 18.7 Å². The molecule has 0 aliphatic rings. The number of hydrogen-bond acceptors (Lipinski definition) is 4. The fourth-order valence-corrected chi connectivity index (χ4v) is 1.86. The molecule has 19 heavy (non-hydrogen) atoms. The molecule has 0 spiro atoms. The maximum Gasteiger partial charge on any atom is 0.170 e. The monoisotopic (exact) mass is 260 g/mol. The average Bonchev–Trinajstić information content (AvgIpc) is 2.81. The summed E-state index contributed by atoms with van der Waals surface area (Å²) < 4.78 is 7.76. The van der Waals surface area contributed by atoms with Crippen LogP contribution in [0.1, 0.15) is 29.9 Å². The number of aromatic nitrogens is 3. The minimum absolute atomic E-state index is 0.245. The van der Waals surface area contributed by atoms with Crippen molar-refractivity contribution in [3.05, 3.63) is 41.5 Å². The molecule has 5 nitrogen and oxygen atoms in total. The average molecular weight is 260 g/mol. The third-order valence-electron chi connectivity index (χ3n) is 3.23.